The first kappa shape index (κ1) is 13.3. The highest BCUT2D eigenvalue weighted by atomic mass is 35.5. The summed E-state index contributed by atoms with van der Waals surface area (Å²) in [5.74, 6) is -0.133. The summed E-state index contributed by atoms with van der Waals surface area (Å²) in [4.78, 5) is 16.9. The van der Waals surface area contributed by atoms with E-state index in [9.17, 15) is 4.79 Å². The minimum absolute atomic E-state index is 0.133. The second-order valence-electron chi connectivity index (χ2n) is 3.69. The van der Waals surface area contributed by atoms with E-state index in [0.717, 1.165) is 10.6 Å². The highest BCUT2D eigenvalue weighted by Gasteiger charge is 2.11. The van der Waals surface area contributed by atoms with Crippen molar-refractivity contribution < 1.29 is 4.79 Å². The molecular weight excluding hydrogens is 291 g/mol. The molecule has 94 valence electrons. The number of carbonyl (C=O) groups excluding carboxylic acids is 1. The summed E-state index contributed by atoms with van der Waals surface area (Å²) >= 11 is 13.3. The highest BCUT2D eigenvalue weighted by molar-refractivity contribution is 7.09. The molecule has 0 aliphatic heterocycles. The van der Waals surface area contributed by atoms with Crippen LogP contribution in [0.2, 0.25) is 10.0 Å². The van der Waals surface area contributed by atoms with Gasteiger partial charge in [0.1, 0.15) is 0 Å². The summed E-state index contributed by atoms with van der Waals surface area (Å²) in [5, 5.41) is 3.52. The maximum absolute atomic E-state index is 11.9. The number of aryl methyl sites for hydroxylation is 1. The second kappa shape index (κ2) is 5.69. The zero-order valence-corrected chi connectivity index (χ0v) is 11.9. The normalized spacial score (nSPS) is 10.4. The second-order valence-corrected chi connectivity index (χ2v) is 5.41. The molecule has 0 spiro atoms. The molecule has 1 aromatic carbocycles. The lowest BCUT2D eigenvalue weighted by Crippen LogP contribution is -2.14. The number of benzene rings is 1. The summed E-state index contributed by atoms with van der Waals surface area (Å²) < 4.78 is 0. The molecule has 6 heteroatoms. The van der Waals surface area contributed by atoms with Crippen LogP contribution in [0, 0.1) is 6.92 Å². The maximum atomic E-state index is 11.9. The van der Waals surface area contributed by atoms with E-state index >= 15 is 0 Å². The summed E-state index contributed by atoms with van der Waals surface area (Å²) in [6, 6.07) is 5.13. The molecule has 1 N–H and O–H groups in total. The van der Waals surface area contributed by atoms with Crippen LogP contribution in [0.25, 0.3) is 0 Å². The average Bonchev–Trinajstić information content (AvgIpc) is 2.71. The Kier molecular flexibility index (Phi) is 4.22. The SMILES string of the molecule is Cc1ncsc1CC(=O)Nc1cccc(Cl)c1Cl. The van der Waals surface area contributed by atoms with Crippen molar-refractivity contribution in [1.82, 2.24) is 4.98 Å². The van der Waals surface area contributed by atoms with Gasteiger partial charge in [0.15, 0.2) is 0 Å². The van der Waals surface area contributed by atoms with Crippen molar-refractivity contribution in [3.63, 3.8) is 0 Å². The molecule has 0 radical (unpaired) electrons. The Hall–Kier alpha value is -1.10. The number of hydrogen-bond donors (Lipinski definition) is 1. The van der Waals surface area contributed by atoms with Crippen LogP contribution in [-0.4, -0.2) is 10.9 Å². The molecule has 0 unspecified atom stereocenters. The fraction of sp³-hybridized carbons (Fsp3) is 0.167. The molecule has 0 saturated carbocycles. The molecule has 2 aromatic rings. The van der Waals surface area contributed by atoms with Crippen molar-refractivity contribution in [2.75, 3.05) is 5.32 Å². The summed E-state index contributed by atoms with van der Waals surface area (Å²) in [5.41, 5.74) is 3.13. The van der Waals surface area contributed by atoms with E-state index in [1.165, 1.54) is 11.3 Å². The van der Waals surface area contributed by atoms with Crippen LogP contribution in [0.4, 0.5) is 5.69 Å². The number of anilines is 1. The predicted molar refractivity (Wildman–Crippen MR) is 75.6 cm³/mol. The lowest BCUT2D eigenvalue weighted by atomic mass is 10.2. The Labute approximate surface area is 119 Å². The molecule has 0 atom stereocenters. The van der Waals surface area contributed by atoms with Crippen molar-refractivity contribution >= 4 is 46.1 Å². The van der Waals surface area contributed by atoms with Gasteiger partial charge < -0.3 is 5.32 Å². The van der Waals surface area contributed by atoms with Crippen molar-refractivity contribution in [3.05, 3.63) is 44.3 Å². The predicted octanol–water partition coefficient (Wildman–Crippen LogP) is 3.94. The summed E-state index contributed by atoms with van der Waals surface area (Å²) in [6.45, 7) is 1.88. The number of hydrogen-bond acceptors (Lipinski definition) is 3. The van der Waals surface area contributed by atoms with Crippen LogP contribution < -0.4 is 5.32 Å². The van der Waals surface area contributed by atoms with E-state index in [-0.39, 0.29) is 5.91 Å². The standard InChI is InChI=1S/C12H10Cl2N2OS/c1-7-10(18-6-15-7)5-11(17)16-9-4-2-3-8(13)12(9)14/h2-4,6H,5H2,1H3,(H,16,17). The number of halogens is 2. The van der Waals surface area contributed by atoms with Crippen LogP contribution in [0.1, 0.15) is 10.6 Å². The molecule has 0 aliphatic rings. The van der Waals surface area contributed by atoms with E-state index in [1.54, 1.807) is 23.7 Å². The van der Waals surface area contributed by atoms with Crippen LogP contribution in [-0.2, 0) is 11.2 Å². The van der Waals surface area contributed by atoms with Gasteiger partial charge in [-0.2, -0.15) is 0 Å². The fourth-order valence-electron chi connectivity index (χ4n) is 1.44. The number of aromatic nitrogens is 1. The fourth-order valence-corrected chi connectivity index (χ4v) is 2.56. The molecule has 0 saturated heterocycles. The van der Waals surface area contributed by atoms with Gasteiger partial charge in [-0.3, -0.25) is 4.79 Å². The Morgan fingerprint density at radius 2 is 2.22 bits per heavy atom. The average molecular weight is 301 g/mol. The minimum atomic E-state index is -0.133. The molecule has 18 heavy (non-hydrogen) atoms. The van der Waals surface area contributed by atoms with Crippen LogP contribution in [0.5, 0.6) is 0 Å². The molecule has 0 fully saturated rings. The van der Waals surface area contributed by atoms with E-state index in [4.69, 9.17) is 23.2 Å². The van der Waals surface area contributed by atoms with Gasteiger partial charge in [-0.05, 0) is 19.1 Å². The quantitative estimate of drug-likeness (QED) is 0.933. The van der Waals surface area contributed by atoms with Crippen LogP contribution >= 0.6 is 34.5 Å². The van der Waals surface area contributed by atoms with E-state index in [2.05, 4.69) is 10.3 Å². The Bertz CT molecular complexity index is 583. The molecule has 0 bridgehead atoms. The topological polar surface area (TPSA) is 42.0 Å². The van der Waals surface area contributed by atoms with Gasteiger partial charge in [0.05, 0.1) is 33.4 Å². The maximum Gasteiger partial charge on any atom is 0.229 e. The molecule has 3 nitrogen and oxygen atoms in total. The highest BCUT2D eigenvalue weighted by Crippen LogP contribution is 2.29. The van der Waals surface area contributed by atoms with Gasteiger partial charge in [0, 0.05) is 4.88 Å². The first-order valence-corrected chi connectivity index (χ1v) is 6.84. The largest absolute Gasteiger partial charge is 0.324 e. The molecule has 0 aliphatic carbocycles. The van der Waals surface area contributed by atoms with Gasteiger partial charge in [0.25, 0.3) is 0 Å². The number of amides is 1. The zero-order valence-electron chi connectivity index (χ0n) is 9.54. The first-order valence-electron chi connectivity index (χ1n) is 5.20. The van der Waals surface area contributed by atoms with Gasteiger partial charge in [-0.25, -0.2) is 4.98 Å². The monoisotopic (exact) mass is 300 g/mol. The summed E-state index contributed by atoms with van der Waals surface area (Å²) in [7, 11) is 0. The van der Waals surface area contributed by atoms with E-state index in [1.807, 2.05) is 6.92 Å². The van der Waals surface area contributed by atoms with Crippen molar-refractivity contribution in [2.45, 2.75) is 13.3 Å². The third-order valence-electron chi connectivity index (χ3n) is 2.39. The third kappa shape index (κ3) is 3.02. The molecule has 1 heterocycles. The third-order valence-corrected chi connectivity index (χ3v) is 4.15. The zero-order chi connectivity index (χ0) is 13.1. The van der Waals surface area contributed by atoms with Crippen molar-refractivity contribution in [2.24, 2.45) is 0 Å². The van der Waals surface area contributed by atoms with E-state index < -0.39 is 0 Å². The van der Waals surface area contributed by atoms with Gasteiger partial charge in [-0.1, -0.05) is 29.3 Å². The van der Waals surface area contributed by atoms with Crippen LogP contribution in [0.3, 0.4) is 0 Å². The first-order chi connectivity index (χ1) is 8.58. The van der Waals surface area contributed by atoms with E-state index in [0.29, 0.717) is 22.2 Å². The lowest BCUT2D eigenvalue weighted by molar-refractivity contribution is -0.115. The summed E-state index contributed by atoms with van der Waals surface area (Å²) in [6.07, 6.45) is 0.291. The molecule has 1 amide bonds. The number of thiazole rings is 1. The smallest absolute Gasteiger partial charge is 0.229 e. The number of nitrogens with zero attached hydrogens (tertiary/aromatic N) is 1. The lowest BCUT2D eigenvalue weighted by Gasteiger charge is -2.07. The minimum Gasteiger partial charge on any atom is -0.324 e. The molecular formula is C12H10Cl2N2OS. The Morgan fingerprint density at radius 3 is 2.89 bits per heavy atom. The van der Waals surface area contributed by atoms with Gasteiger partial charge in [-0.15, -0.1) is 11.3 Å². The Morgan fingerprint density at radius 1 is 1.44 bits per heavy atom. The van der Waals surface area contributed by atoms with Gasteiger partial charge in [0.2, 0.25) is 5.91 Å². The molecule has 2 rings (SSSR count). The number of carbonyl (C=O) groups is 1. The van der Waals surface area contributed by atoms with Crippen LogP contribution in [0.15, 0.2) is 23.7 Å². The van der Waals surface area contributed by atoms with Crippen molar-refractivity contribution in [1.29, 1.82) is 0 Å². The Balaban J connectivity index is 2.08. The number of rotatable bonds is 3. The molecule has 1 aromatic heterocycles. The van der Waals surface area contributed by atoms with Gasteiger partial charge >= 0.3 is 0 Å². The number of nitrogens with one attached hydrogen (secondary N) is 1. The van der Waals surface area contributed by atoms with Crippen molar-refractivity contribution in [3.8, 4) is 0 Å².